The normalized spacial score (nSPS) is 10.4. The second-order valence-electron chi connectivity index (χ2n) is 5.56. The van der Waals surface area contributed by atoms with Crippen LogP contribution in [0.5, 0.6) is 17.2 Å². The summed E-state index contributed by atoms with van der Waals surface area (Å²) in [6.45, 7) is 1.41. The van der Waals surface area contributed by atoms with Gasteiger partial charge in [0.05, 0.1) is 27.0 Å². The van der Waals surface area contributed by atoms with Crippen LogP contribution in [0.1, 0.15) is 12.5 Å². The van der Waals surface area contributed by atoms with Crippen molar-refractivity contribution in [3.63, 3.8) is 0 Å². The molecular formula is C20H22N2O5. The Bertz CT molecular complexity index is 839. The third-order valence-electron chi connectivity index (χ3n) is 3.58. The van der Waals surface area contributed by atoms with Gasteiger partial charge < -0.3 is 24.8 Å². The molecule has 0 unspecified atom stereocenters. The van der Waals surface area contributed by atoms with Crippen LogP contribution in [0.2, 0.25) is 0 Å². The summed E-state index contributed by atoms with van der Waals surface area (Å²) in [7, 11) is 4.62. The predicted octanol–water partition coefficient (Wildman–Crippen LogP) is 3.32. The van der Waals surface area contributed by atoms with Crippen molar-refractivity contribution in [3.8, 4) is 17.2 Å². The Hall–Kier alpha value is -3.48. The summed E-state index contributed by atoms with van der Waals surface area (Å²) in [6.07, 6.45) is 3.03. The van der Waals surface area contributed by atoms with E-state index in [0.717, 1.165) is 5.56 Å². The molecule has 27 heavy (non-hydrogen) atoms. The molecule has 7 heteroatoms. The molecule has 0 aromatic heterocycles. The summed E-state index contributed by atoms with van der Waals surface area (Å²) >= 11 is 0. The number of carbonyl (C=O) groups is 2. The molecule has 2 amide bonds. The van der Waals surface area contributed by atoms with Crippen molar-refractivity contribution in [3.05, 3.63) is 48.0 Å². The second kappa shape index (κ2) is 9.28. The van der Waals surface area contributed by atoms with Crippen LogP contribution in [0.4, 0.5) is 11.4 Å². The van der Waals surface area contributed by atoms with Gasteiger partial charge in [-0.3, -0.25) is 9.59 Å². The van der Waals surface area contributed by atoms with Gasteiger partial charge in [0, 0.05) is 24.8 Å². The molecule has 2 aromatic carbocycles. The van der Waals surface area contributed by atoms with E-state index < -0.39 is 0 Å². The monoisotopic (exact) mass is 370 g/mol. The highest BCUT2D eigenvalue weighted by Crippen LogP contribution is 2.28. The minimum Gasteiger partial charge on any atom is -0.497 e. The number of carbonyl (C=O) groups excluding carboxylic acids is 2. The van der Waals surface area contributed by atoms with Crippen LogP contribution >= 0.6 is 0 Å². The van der Waals surface area contributed by atoms with E-state index in [-0.39, 0.29) is 11.8 Å². The number of methoxy groups -OCH3 is 3. The standard InChI is InChI=1S/C20H22N2O5/c1-13(23)21-15-6-7-19(27-4)18(11-15)22-20(24)8-5-14-9-16(25-2)12-17(10-14)26-3/h5-12H,1-4H3,(H,21,23)(H,22,24)/b8-5+. The van der Waals surface area contributed by atoms with Gasteiger partial charge in [-0.05, 0) is 42.0 Å². The van der Waals surface area contributed by atoms with Crippen LogP contribution in [0, 0.1) is 0 Å². The molecule has 0 saturated carbocycles. The van der Waals surface area contributed by atoms with Gasteiger partial charge in [0.15, 0.2) is 0 Å². The summed E-state index contributed by atoms with van der Waals surface area (Å²) in [5.74, 6) is 1.17. The van der Waals surface area contributed by atoms with E-state index in [1.807, 2.05) is 0 Å². The molecular weight excluding hydrogens is 348 g/mol. The van der Waals surface area contributed by atoms with Crippen LogP contribution in [0.3, 0.4) is 0 Å². The molecule has 0 aliphatic rings. The lowest BCUT2D eigenvalue weighted by atomic mass is 10.2. The average molecular weight is 370 g/mol. The quantitative estimate of drug-likeness (QED) is 0.730. The molecule has 0 heterocycles. The Morgan fingerprint density at radius 2 is 1.56 bits per heavy atom. The van der Waals surface area contributed by atoms with Gasteiger partial charge >= 0.3 is 0 Å². The van der Waals surface area contributed by atoms with Crippen molar-refractivity contribution in [2.75, 3.05) is 32.0 Å². The summed E-state index contributed by atoms with van der Waals surface area (Å²) in [6, 6.07) is 10.3. The molecule has 0 aliphatic heterocycles. The van der Waals surface area contributed by atoms with Gasteiger partial charge in [0.1, 0.15) is 17.2 Å². The lowest BCUT2D eigenvalue weighted by Gasteiger charge is -2.11. The zero-order valence-electron chi connectivity index (χ0n) is 15.7. The lowest BCUT2D eigenvalue weighted by Crippen LogP contribution is -2.10. The van der Waals surface area contributed by atoms with Crippen molar-refractivity contribution in [1.29, 1.82) is 0 Å². The highest BCUT2D eigenvalue weighted by atomic mass is 16.5. The van der Waals surface area contributed by atoms with Crippen LogP contribution in [0.15, 0.2) is 42.5 Å². The maximum atomic E-state index is 12.3. The third kappa shape index (κ3) is 5.78. The zero-order valence-corrected chi connectivity index (χ0v) is 15.7. The number of hydrogen-bond acceptors (Lipinski definition) is 5. The first-order chi connectivity index (χ1) is 12.9. The van der Waals surface area contributed by atoms with Crippen LogP contribution in [-0.2, 0) is 9.59 Å². The third-order valence-corrected chi connectivity index (χ3v) is 3.58. The van der Waals surface area contributed by atoms with E-state index in [1.165, 1.54) is 20.1 Å². The summed E-state index contributed by atoms with van der Waals surface area (Å²) < 4.78 is 15.7. The van der Waals surface area contributed by atoms with Gasteiger partial charge in [-0.15, -0.1) is 0 Å². The first-order valence-corrected chi connectivity index (χ1v) is 8.13. The van der Waals surface area contributed by atoms with Crippen LogP contribution in [0.25, 0.3) is 6.08 Å². The highest BCUT2D eigenvalue weighted by molar-refractivity contribution is 6.03. The number of benzene rings is 2. The Labute approximate surface area is 157 Å². The van der Waals surface area contributed by atoms with Crippen LogP contribution in [-0.4, -0.2) is 33.1 Å². The van der Waals surface area contributed by atoms with Gasteiger partial charge in [-0.2, -0.15) is 0 Å². The fourth-order valence-corrected chi connectivity index (χ4v) is 2.36. The van der Waals surface area contributed by atoms with Gasteiger partial charge in [0.2, 0.25) is 11.8 Å². The Kier molecular flexibility index (Phi) is 6.82. The molecule has 142 valence electrons. The molecule has 0 bridgehead atoms. The van der Waals surface area contributed by atoms with Gasteiger partial charge in [-0.25, -0.2) is 0 Å². The van der Waals surface area contributed by atoms with E-state index in [9.17, 15) is 9.59 Å². The summed E-state index contributed by atoms with van der Waals surface area (Å²) in [4.78, 5) is 23.5. The zero-order chi connectivity index (χ0) is 19.8. The van der Waals surface area contributed by atoms with E-state index in [4.69, 9.17) is 14.2 Å². The summed E-state index contributed by atoms with van der Waals surface area (Å²) in [5, 5.41) is 5.40. The van der Waals surface area contributed by atoms with Crippen molar-refractivity contribution in [1.82, 2.24) is 0 Å². The summed E-state index contributed by atoms with van der Waals surface area (Å²) in [5.41, 5.74) is 1.75. The molecule has 2 N–H and O–H groups in total. The number of ether oxygens (including phenoxy) is 3. The SMILES string of the molecule is COc1cc(/C=C/C(=O)Nc2cc(NC(C)=O)ccc2OC)cc(OC)c1. The van der Waals surface area contributed by atoms with Crippen molar-refractivity contribution < 1.29 is 23.8 Å². The first kappa shape index (κ1) is 19.8. The minimum atomic E-state index is -0.352. The Morgan fingerprint density at radius 1 is 0.889 bits per heavy atom. The molecule has 0 fully saturated rings. The number of rotatable bonds is 7. The van der Waals surface area contributed by atoms with E-state index in [1.54, 1.807) is 56.7 Å². The smallest absolute Gasteiger partial charge is 0.248 e. The second-order valence-corrected chi connectivity index (χ2v) is 5.56. The average Bonchev–Trinajstić information content (AvgIpc) is 2.65. The number of anilines is 2. The molecule has 2 rings (SSSR count). The topological polar surface area (TPSA) is 85.9 Å². The molecule has 2 aromatic rings. The number of amides is 2. The van der Waals surface area contributed by atoms with E-state index >= 15 is 0 Å². The van der Waals surface area contributed by atoms with E-state index in [0.29, 0.717) is 28.6 Å². The molecule has 0 spiro atoms. The Balaban J connectivity index is 2.17. The largest absolute Gasteiger partial charge is 0.497 e. The fraction of sp³-hybridized carbons (Fsp3) is 0.200. The van der Waals surface area contributed by atoms with Crippen molar-refractivity contribution >= 4 is 29.3 Å². The lowest BCUT2D eigenvalue weighted by molar-refractivity contribution is -0.114. The predicted molar refractivity (Wildman–Crippen MR) is 105 cm³/mol. The number of hydrogen-bond donors (Lipinski definition) is 2. The highest BCUT2D eigenvalue weighted by Gasteiger charge is 2.08. The molecule has 0 atom stereocenters. The fourth-order valence-electron chi connectivity index (χ4n) is 2.36. The van der Waals surface area contributed by atoms with Crippen molar-refractivity contribution in [2.24, 2.45) is 0 Å². The van der Waals surface area contributed by atoms with Gasteiger partial charge in [0.25, 0.3) is 0 Å². The first-order valence-electron chi connectivity index (χ1n) is 8.13. The maximum absolute atomic E-state index is 12.3. The van der Waals surface area contributed by atoms with Crippen LogP contribution < -0.4 is 24.8 Å². The maximum Gasteiger partial charge on any atom is 0.248 e. The number of nitrogens with one attached hydrogen (secondary N) is 2. The molecule has 0 aliphatic carbocycles. The minimum absolute atomic E-state index is 0.204. The molecule has 0 radical (unpaired) electrons. The molecule has 7 nitrogen and oxygen atoms in total. The van der Waals surface area contributed by atoms with Gasteiger partial charge in [-0.1, -0.05) is 0 Å². The van der Waals surface area contributed by atoms with E-state index in [2.05, 4.69) is 10.6 Å². The van der Waals surface area contributed by atoms with Crippen molar-refractivity contribution in [2.45, 2.75) is 6.92 Å². The molecule has 0 saturated heterocycles. The Morgan fingerprint density at radius 3 is 2.11 bits per heavy atom.